The van der Waals surface area contributed by atoms with E-state index in [1.54, 1.807) is 0 Å². The Kier molecular flexibility index (Phi) is 45.4. The summed E-state index contributed by atoms with van der Waals surface area (Å²) >= 11 is 0. The molecule has 0 fully saturated rings. The zero-order chi connectivity index (χ0) is 43.0. The molecule has 0 N–H and O–H groups in total. The number of unbranched alkanes of at least 4 members (excludes halogenated alkanes) is 23. The number of hydrogen-bond acceptors (Lipinski definition) is 6. The average molecular weight is 825 g/mol. The van der Waals surface area contributed by atoms with Crippen molar-refractivity contribution in [2.75, 3.05) is 13.2 Å². The van der Waals surface area contributed by atoms with Crippen molar-refractivity contribution < 1.29 is 28.6 Å². The molecule has 0 aliphatic heterocycles. The van der Waals surface area contributed by atoms with Crippen LogP contribution < -0.4 is 0 Å². The number of carbonyl (C=O) groups is 3. The zero-order valence-corrected chi connectivity index (χ0v) is 38.8. The molecule has 0 aliphatic rings. The number of allylic oxidation sites excluding steroid dienone is 10. The number of esters is 3. The molecule has 0 heterocycles. The Morgan fingerprint density at radius 2 is 0.678 bits per heavy atom. The lowest BCUT2D eigenvalue weighted by atomic mass is 10.0. The van der Waals surface area contributed by atoms with Crippen LogP contribution in [0.1, 0.15) is 239 Å². The molecule has 0 aromatic heterocycles. The van der Waals surface area contributed by atoms with Crippen molar-refractivity contribution in [2.45, 2.75) is 245 Å². The lowest BCUT2D eigenvalue weighted by Gasteiger charge is -2.18. The maximum absolute atomic E-state index is 12.8. The van der Waals surface area contributed by atoms with Gasteiger partial charge in [-0.15, -0.1) is 0 Å². The molecule has 0 rings (SSSR count). The maximum Gasteiger partial charge on any atom is 0.306 e. The van der Waals surface area contributed by atoms with Crippen molar-refractivity contribution in [1.29, 1.82) is 0 Å². The van der Waals surface area contributed by atoms with Crippen LogP contribution in [0.15, 0.2) is 60.8 Å². The largest absolute Gasteiger partial charge is 0.462 e. The Bertz CT molecular complexity index is 1090. The van der Waals surface area contributed by atoms with Gasteiger partial charge in [0.25, 0.3) is 0 Å². The summed E-state index contributed by atoms with van der Waals surface area (Å²) < 4.78 is 16.7. The second-order valence-corrected chi connectivity index (χ2v) is 16.3. The Hall–Kier alpha value is -2.89. The molecule has 0 bridgehead atoms. The summed E-state index contributed by atoms with van der Waals surface area (Å²) in [6, 6.07) is 0. The van der Waals surface area contributed by atoms with E-state index in [1.165, 1.54) is 103 Å². The van der Waals surface area contributed by atoms with E-state index in [9.17, 15) is 14.4 Å². The summed E-state index contributed by atoms with van der Waals surface area (Å²) in [5, 5.41) is 0. The summed E-state index contributed by atoms with van der Waals surface area (Å²) in [5.74, 6) is -0.925. The van der Waals surface area contributed by atoms with Crippen LogP contribution in [0.2, 0.25) is 0 Å². The molecule has 6 heteroatoms. The van der Waals surface area contributed by atoms with Gasteiger partial charge in [0.15, 0.2) is 6.10 Å². The monoisotopic (exact) mass is 825 g/mol. The molecule has 59 heavy (non-hydrogen) atoms. The minimum atomic E-state index is -0.786. The van der Waals surface area contributed by atoms with Gasteiger partial charge < -0.3 is 14.2 Å². The van der Waals surface area contributed by atoms with Crippen molar-refractivity contribution in [3.8, 4) is 0 Å². The highest BCUT2D eigenvalue weighted by Gasteiger charge is 2.19. The van der Waals surface area contributed by atoms with Crippen LogP contribution in [-0.2, 0) is 28.6 Å². The van der Waals surface area contributed by atoms with Crippen LogP contribution >= 0.6 is 0 Å². The third kappa shape index (κ3) is 46.0. The summed E-state index contributed by atoms with van der Waals surface area (Å²) in [6.07, 6.45) is 57.7. The average Bonchev–Trinajstić information content (AvgIpc) is 3.23. The van der Waals surface area contributed by atoms with Crippen LogP contribution in [0, 0.1) is 0 Å². The van der Waals surface area contributed by atoms with Gasteiger partial charge in [-0.25, -0.2) is 0 Å². The van der Waals surface area contributed by atoms with E-state index in [2.05, 4.69) is 81.5 Å². The minimum absolute atomic E-state index is 0.0875. The molecule has 0 radical (unpaired) electrons. The van der Waals surface area contributed by atoms with E-state index in [0.29, 0.717) is 19.3 Å². The Labute approximate surface area is 364 Å². The summed E-state index contributed by atoms with van der Waals surface area (Å²) in [6.45, 7) is 6.45. The van der Waals surface area contributed by atoms with Gasteiger partial charge in [0.1, 0.15) is 13.2 Å². The highest BCUT2D eigenvalue weighted by Crippen LogP contribution is 2.15. The van der Waals surface area contributed by atoms with Crippen molar-refractivity contribution >= 4 is 17.9 Å². The Morgan fingerprint density at radius 1 is 0.356 bits per heavy atom. The van der Waals surface area contributed by atoms with E-state index in [1.807, 2.05) is 0 Å². The van der Waals surface area contributed by atoms with Crippen molar-refractivity contribution in [3.63, 3.8) is 0 Å². The van der Waals surface area contributed by atoms with Gasteiger partial charge in [0.2, 0.25) is 0 Å². The second kappa shape index (κ2) is 47.8. The summed E-state index contributed by atoms with van der Waals surface area (Å²) in [7, 11) is 0. The van der Waals surface area contributed by atoms with E-state index in [-0.39, 0.29) is 31.1 Å². The van der Waals surface area contributed by atoms with Crippen molar-refractivity contribution in [1.82, 2.24) is 0 Å². The van der Waals surface area contributed by atoms with Gasteiger partial charge in [-0.2, -0.15) is 0 Å². The zero-order valence-electron chi connectivity index (χ0n) is 38.8. The molecule has 1 unspecified atom stereocenters. The van der Waals surface area contributed by atoms with Gasteiger partial charge in [-0.3, -0.25) is 14.4 Å². The fourth-order valence-electron chi connectivity index (χ4n) is 6.77. The van der Waals surface area contributed by atoms with Gasteiger partial charge >= 0.3 is 17.9 Å². The molecule has 0 saturated heterocycles. The molecule has 0 aromatic rings. The highest BCUT2D eigenvalue weighted by atomic mass is 16.6. The fraction of sp³-hybridized carbons (Fsp3) is 0.755. The van der Waals surface area contributed by atoms with Gasteiger partial charge in [0.05, 0.1) is 0 Å². The molecule has 0 aliphatic carbocycles. The molecule has 6 nitrogen and oxygen atoms in total. The number of rotatable bonds is 44. The Morgan fingerprint density at radius 3 is 1.12 bits per heavy atom. The molecule has 340 valence electrons. The first-order chi connectivity index (χ1) is 29.0. The van der Waals surface area contributed by atoms with Gasteiger partial charge in [-0.05, 0) is 77.0 Å². The standard InChI is InChI=1S/C53H92O6/c1-4-7-10-13-16-19-22-24-26-27-29-31-34-37-40-43-46-52(55)58-49-50(48-57-51(54)45-42-39-36-33-30-21-18-15-12-9-6-3)59-53(56)47-44-41-38-35-32-28-25-23-20-17-14-11-8-5-2/h7,10,15-16,18-19,24,26,29,31,50H,4-6,8-9,11-14,17,20-23,25,27-28,30,32-49H2,1-3H3/b10-7-,18-15-,19-16-,26-24-,31-29-. The lowest BCUT2D eigenvalue weighted by molar-refractivity contribution is -0.167. The first-order valence-corrected chi connectivity index (χ1v) is 24.8. The Balaban J connectivity index is 4.42. The third-order valence-electron chi connectivity index (χ3n) is 10.5. The predicted octanol–water partition coefficient (Wildman–Crippen LogP) is 16.1. The fourth-order valence-corrected chi connectivity index (χ4v) is 6.77. The highest BCUT2D eigenvalue weighted by molar-refractivity contribution is 5.71. The van der Waals surface area contributed by atoms with Crippen LogP contribution in [0.5, 0.6) is 0 Å². The number of carbonyl (C=O) groups excluding carboxylic acids is 3. The predicted molar refractivity (Wildman–Crippen MR) is 251 cm³/mol. The van der Waals surface area contributed by atoms with Crippen LogP contribution in [0.3, 0.4) is 0 Å². The van der Waals surface area contributed by atoms with E-state index >= 15 is 0 Å². The van der Waals surface area contributed by atoms with Gasteiger partial charge in [0, 0.05) is 19.3 Å². The maximum atomic E-state index is 12.8. The third-order valence-corrected chi connectivity index (χ3v) is 10.5. The smallest absolute Gasteiger partial charge is 0.306 e. The van der Waals surface area contributed by atoms with Crippen LogP contribution in [0.25, 0.3) is 0 Å². The van der Waals surface area contributed by atoms with Crippen molar-refractivity contribution in [3.05, 3.63) is 60.8 Å². The second-order valence-electron chi connectivity index (χ2n) is 16.3. The van der Waals surface area contributed by atoms with Crippen LogP contribution in [-0.4, -0.2) is 37.2 Å². The first kappa shape index (κ1) is 56.1. The molecular weight excluding hydrogens is 733 g/mol. The normalized spacial score (nSPS) is 12.5. The SMILES string of the molecule is CC/C=C\C/C=C\C/C=C\C/C=C\CCCCCC(=O)OCC(COC(=O)CCCCCCC/C=C\CCCC)OC(=O)CCCCCCCCCCCCCCCC. The molecule has 1 atom stereocenters. The molecule has 0 aromatic carbocycles. The van der Waals surface area contributed by atoms with Gasteiger partial charge in [-0.1, -0.05) is 204 Å². The van der Waals surface area contributed by atoms with E-state index in [0.717, 1.165) is 96.3 Å². The topological polar surface area (TPSA) is 78.9 Å². The summed E-state index contributed by atoms with van der Waals surface area (Å²) in [5.41, 5.74) is 0. The summed E-state index contributed by atoms with van der Waals surface area (Å²) in [4.78, 5) is 37.9. The van der Waals surface area contributed by atoms with E-state index in [4.69, 9.17) is 14.2 Å². The number of ether oxygens (including phenoxy) is 3. The van der Waals surface area contributed by atoms with Crippen molar-refractivity contribution in [2.24, 2.45) is 0 Å². The lowest BCUT2D eigenvalue weighted by Crippen LogP contribution is -2.30. The van der Waals surface area contributed by atoms with Crippen LogP contribution in [0.4, 0.5) is 0 Å². The molecule has 0 spiro atoms. The molecule has 0 amide bonds. The quantitative estimate of drug-likeness (QED) is 0.0263. The van der Waals surface area contributed by atoms with E-state index < -0.39 is 6.10 Å². The molecular formula is C53H92O6. The first-order valence-electron chi connectivity index (χ1n) is 24.8. The molecule has 0 saturated carbocycles. The minimum Gasteiger partial charge on any atom is -0.462 e. The number of hydrogen-bond donors (Lipinski definition) is 0.